The molecule has 3 rings (SSSR count). The van der Waals surface area contributed by atoms with Crippen LogP contribution < -0.4 is 0 Å². The first-order chi connectivity index (χ1) is 8.16. The Kier molecular flexibility index (Phi) is 2.34. The van der Waals surface area contributed by atoms with Crippen LogP contribution in [0.3, 0.4) is 0 Å². The lowest BCUT2D eigenvalue weighted by Gasteiger charge is -2.15. The zero-order valence-electron chi connectivity index (χ0n) is 9.26. The van der Waals surface area contributed by atoms with E-state index in [1.165, 1.54) is 5.01 Å². The number of hydrogen-bond acceptors (Lipinski definition) is 3. The number of fused-ring (bicyclic) bond motifs is 1. The van der Waals surface area contributed by atoms with E-state index < -0.39 is 0 Å². The summed E-state index contributed by atoms with van der Waals surface area (Å²) in [4.78, 5) is 24.3. The molecule has 0 N–H and O–H groups in total. The molecule has 0 radical (unpaired) electrons. The normalized spacial score (nSPS) is 30.7. The molecule has 1 aromatic rings. The van der Waals surface area contributed by atoms with Crippen molar-refractivity contribution in [1.29, 1.82) is 0 Å². The van der Waals surface area contributed by atoms with Gasteiger partial charge in [-0.1, -0.05) is 28.1 Å². The number of imide groups is 1. The van der Waals surface area contributed by atoms with E-state index >= 15 is 0 Å². The number of benzene rings is 1. The van der Waals surface area contributed by atoms with Gasteiger partial charge >= 0.3 is 0 Å². The Bertz CT molecular complexity index is 482. The Hall–Kier alpha value is -1.20. The number of hydrogen-bond donors (Lipinski definition) is 0. The molecule has 2 heterocycles. The van der Waals surface area contributed by atoms with Crippen molar-refractivity contribution < 1.29 is 9.59 Å². The summed E-state index contributed by atoms with van der Waals surface area (Å²) in [5.74, 6) is -0.415. The second-order valence-electron chi connectivity index (χ2n) is 4.31. The molecule has 2 amide bonds. The van der Waals surface area contributed by atoms with Crippen molar-refractivity contribution >= 4 is 27.7 Å². The van der Waals surface area contributed by atoms with Gasteiger partial charge in [-0.25, -0.2) is 10.0 Å². The molecule has 2 aliphatic heterocycles. The van der Waals surface area contributed by atoms with Gasteiger partial charge in [-0.3, -0.25) is 9.59 Å². The number of carbonyl (C=O) groups excluding carboxylic acids is 2. The Morgan fingerprint density at radius 3 is 2.12 bits per heavy atom. The number of alkyl halides is 1. The number of carbonyl (C=O) groups is 2. The number of rotatable bonds is 2. The van der Waals surface area contributed by atoms with Crippen molar-refractivity contribution in [2.75, 3.05) is 5.33 Å². The predicted octanol–water partition coefficient (Wildman–Crippen LogP) is 1.67. The number of hydrazine groups is 1. The van der Waals surface area contributed by atoms with Gasteiger partial charge in [0.2, 0.25) is 0 Å². The SMILES string of the molecule is C[C@@H]1[C@@H](CBr)N1N1C(=O)c2ccccc2C1=O. The summed E-state index contributed by atoms with van der Waals surface area (Å²) < 4.78 is 0. The third-order valence-electron chi connectivity index (χ3n) is 3.39. The monoisotopic (exact) mass is 294 g/mol. The van der Waals surface area contributed by atoms with Gasteiger partial charge < -0.3 is 0 Å². The quantitative estimate of drug-likeness (QED) is 0.473. The zero-order valence-corrected chi connectivity index (χ0v) is 10.8. The van der Waals surface area contributed by atoms with Crippen LogP contribution in [0.5, 0.6) is 0 Å². The smallest absolute Gasteiger partial charge is 0.267 e. The maximum Gasteiger partial charge on any atom is 0.276 e. The van der Waals surface area contributed by atoms with Gasteiger partial charge in [0.15, 0.2) is 0 Å². The Labute approximate surface area is 107 Å². The lowest BCUT2D eigenvalue weighted by molar-refractivity contribution is 0.0353. The van der Waals surface area contributed by atoms with E-state index in [0.29, 0.717) is 11.1 Å². The summed E-state index contributed by atoms with van der Waals surface area (Å²) in [6.07, 6.45) is 0. The fourth-order valence-corrected chi connectivity index (χ4v) is 3.15. The molecule has 5 heteroatoms. The van der Waals surface area contributed by atoms with Crippen molar-refractivity contribution in [3.8, 4) is 0 Å². The minimum absolute atomic E-state index is 0.207. The summed E-state index contributed by atoms with van der Waals surface area (Å²) in [5.41, 5.74) is 1.01. The molecular weight excluding hydrogens is 284 g/mol. The van der Waals surface area contributed by atoms with Crippen LogP contribution in [0.4, 0.5) is 0 Å². The third-order valence-corrected chi connectivity index (χ3v) is 4.05. The molecule has 0 spiro atoms. The average Bonchev–Trinajstić information content (AvgIpc) is 2.91. The van der Waals surface area contributed by atoms with Gasteiger partial charge in [0.25, 0.3) is 11.8 Å². The molecule has 1 fully saturated rings. The fraction of sp³-hybridized carbons (Fsp3) is 0.333. The van der Waals surface area contributed by atoms with E-state index in [4.69, 9.17) is 0 Å². The third kappa shape index (κ3) is 1.39. The van der Waals surface area contributed by atoms with Gasteiger partial charge in [-0.2, -0.15) is 0 Å². The summed E-state index contributed by atoms with van der Waals surface area (Å²) in [7, 11) is 0. The fourth-order valence-electron chi connectivity index (χ4n) is 2.31. The van der Waals surface area contributed by atoms with Crippen LogP contribution in [-0.4, -0.2) is 39.2 Å². The Morgan fingerprint density at radius 2 is 1.71 bits per heavy atom. The molecule has 0 aliphatic carbocycles. The van der Waals surface area contributed by atoms with E-state index in [0.717, 1.165) is 5.33 Å². The predicted molar refractivity (Wildman–Crippen MR) is 65.8 cm³/mol. The lowest BCUT2D eigenvalue weighted by atomic mass is 10.1. The lowest BCUT2D eigenvalue weighted by Crippen LogP contribution is -2.37. The second-order valence-corrected chi connectivity index (χ2v) is 4.96. The summed E-state index contributed by atoms with van der Waals surface area (Å²) in [6, 6.07) is 7.43. The Morgan fingerprint density at radius 1 is 1.18 bits per heavy atom. The van der Waals surface area contributed by atoms with E-state index in [1.807, 2.05) is 11.9 Å². The summed E-state index contributed by atoms with van der Waals surface area (Å²) >= 11 is 3.39. The maximum atomic E-state index is 12.1. The first kappa shape index (κ1) is 10.9. The number of amides is 2. The molecule has 2 aliphatic rings. The highest BCUT2D eigenvalue weighted by atomic mass is 79.9. The molecule has 1 aromatic carbocycles. The molecule has 4 nitrogen and oxygen atoms in total. The van der Waals surface area contributed by atoms with Crippen molar-refractivity contribution in [3.05, 3.63) is 35.4 Å². The minimum atomic E-state index is -0.207. The summed E-state index contributed by atoms with van der Waals surface area (Å²) in [6.45, 7) is 2.01. The minimum Gasteiger partial charge on any atom is -0.267 e. The molecule has 3 atom stereocenters. The zero-order chi connectivity index (χ0) is 12.2. The molecule has 17 heavy (non-hydrogen) atoms. The van der Waals surface area contributed by atoms with E-state index in [2.05, 4.69) is 15.9 Å². The van der Waals surface area contributed by atoms with Gasteiger partial charge in [0.05, 0.1) is 17.2 Å². The van der Waals surface area contributed by atoms with Crippen LogP contribution in [0.2, 0.25) is 0 Å². The van der Waals surface area contributed by atoms with Gasteiger partial charge in [-0.05, 0) is 19.1 Å². The molecule has 1 unspecified atom stereocenters. The molecule has 0 bridgehead atoms. The van der Waals surface area contributed by atoms with Crippen LogP contribution in [-0.2, 0) is 0 Å². The van der Waals surface area contributed by atoms with E-state index in [1.54, 1.807) is 24.3 Å². The van der Waals surface area contributed by atoms with Crippen molar-refractivity contribution in [2.45, 2.75) is 19.0 Å². The molecular formula is C12H11BrN2O2. The van der Waals surface area contributed by atoms with Gasteiger partial charge in [0.1, 0.15) is 0 Å². The number of halogens is 1. The van der Waals surface area contributed by atoms with E-state index in [-0.39, 0.29) is 23.9 Å². The molecule has 1 saturated heterocycles. The van der Waals surface area contributed by atoms with Crippen molar-refractivity contribution in [1.82, 2.24) is 10.0 Å². The van der Waals surface area contributed by atoms with Crippen molar-refractivity contribution in [2.24, 2.45) is 0 Å². The highest BCUT2D eigenvalue weighted by Crippen LogP contribution is 2.36. The molecule has 0 aromatic heterocycles. The van der Waals surface area contributed by atoms with Gasteiger partial charge in [0, 0.05) is 11.4 Å². The highest BCUT2D eigenvalue weighted by molar-refractivity contribution is 9.09. The highest BCUT2D eigenvalue weighted by Gasteiger charge is 2.53. The topological polar surface area (TPSA) is 40.4 Å². The van der Waals surface area contributed by atoms with Crippen LogP contribution in [0, 0.1) is 0 Å². The van der Waals surface area contributed by atoms with E-state index in [9.17, 15) is 9.59 Å². The van der Waals surface area contributed by atoms with Crippen LogP contribution >= 0.6 is 15.9 Å². The number of nitrogens with zero attached hydrogens (tertiary/aromatic N) is 2. The first-order valence-corrected chi connectivity index (χ1v) is 6.61. The standard InChI is InChI=1S/C12H11BrN2O2/c1-7-10(6-13)14(7)15-11(16)8-4-2-3-5-9(8)12(15)17/h2-5,7,10H,6H2,1H3/t7-,10-,14?/m1/s1. The van der Waals surface area contributed by atoms with Crippen LogP contribution in [0.15, 0.2) is 24.3 Å². The van der Waals surface area contributed by atoms with Crippen LogP contribution in [0.1, 0.15) is 27.6 Å². The average molecular weight is 295 g/mol. The maximum absolute atomic E-state index is 12.1. The summed E-state index contributed by atoms with van der Waals surface area (Å²) in [5, 5.41) is 3.88. The van der Waals surface area contributed by atoms with Crippen LogP contribution in [0.25, 0.3) is 0 Å². The molecule has 88 valence electrons. The largest absolute Gasteiger partial charge is 0.276 e. The molecule has 0 saturated carbocycles. The van der Waals surface area contributed by atoms with Crippen molar-refractivity contribution in [3.63, 3.8) is 0 Å². The Balaban J connectivity index is 1.97. The van der Waals surface area contributed by atoms with Gasteiger partial charge in [-0.15, -0.1) is 0 Å². The second kappa shape index (κ2) is 3.65. The first-order valence-electron chi connectivity index (χ1n) is 5.49.